The van der Waals surface area contributed by atoms with Crippen molar-refractivity contribution in [1.29, 1.82) is 0 Å². The number of rotatable bonds is 4. The Balaban J connectivity index is 1.67. The van der Waals surface area contributed by atoms with Gasteiger partial charge in [0, 0.05) is 25.2 Å². The van der Waals surface area contributed by atoms with Gasteiger partial charge in [-0.05, 0) is 46.6 Å². The van der Waals surface area contributed by atoms with Gasteiger partial charge in [0.05, 0.1) is 6.42 Å². The molecule has 1 N–H and O–H groups in total. The third-order valence-electron chi connectivity index (χ3n) is 4.01. The molecular weight excluding hydrogens is 240 g/mol. The molecule has 0 amide bonds. The van der Waals surface area contributed by atoms with Gasteiger partial charge in [0.15, 0.2) is 0 Å². The summed E-state index contributed by atoms with van der Waals surface area (Å²) < 4.78 is 5.32. The third kappa shape index (κ3) is 4.46. The summed E-state index contributed by atoms with van der Waals surface area (Å²) >= 11 is 0. The highest BCUT2D eigenvalue weighted by molar-refractivity contribution is 5.70. The maximum Gasteiger partial charge on any atom is 0.307 e. The van der Waals surface area contributed by atoms with Crippen molar-refractivity contribution in [2.45, 2.75) is 70.6 Å². The highest BCUT2D eigenvalue weighted by Crippen LogP contribution is 2.27. The zero-order valence-corrected chi connectivity index (χ0v) is 12.6. The van der Waals surface area contributed by atoms with Crippen LogP contribution in [0.3, 0.4) is 0 Å². The molecule has 4 heteroatoms. The Morgan fingerprint density at radius 2 is 2.05 bits per heavy atom. The van der Waals surface area contributed by atoms with Gasteiger partial charge in [-0.2, -0.15) is 0 Å². The van der Waals surface area contributed by atoms with Crippen LogP contribution in [0, 0.1) is 0 Å². The molecule has 2 unspecified atom stereocenters. The van der Waals surface area contributed by atoms with Gasteiger partial charge in [-0.1, -0.05) is 6.42 Å². The van der Waals surface area contributed by atoms with Crippen LogP contribution in [0.1, 0.15) is 52.9 Å². The van der Waals surface area contributed by atoms with E-state index in [4.69, 9.17) is 4.74 Å². The zero-order chi connectivity index (χ0) is 13.9. The van der Waals surface area contributed by atoms with E-state index in [1.807, 2.05) is 20.8 Å². The SMILES string of the molecule is CC(C)(C)OC(=O)CCNC1CCN2CCCCC12. The molecule has 2 heterocycles. The molecule has 0 aromatic heterocycles. The van der Waals surface area contributed by atoms with E-state index in [1.54, 1.807) is 0 Å². The van der Waals surface area contributed by atoms with Crippen LogP contribution >= 0.6 is 0 Å². The highest BCUT2D eigenvalue weighted by atomic mass is 16.6. The van der Waals surface area contributed by atoms with E-state index in [0.29, 0.717) is 18.5 Å². The van der Waals surface area contributed by atoms with Crippen molar-refractivity contribution in [3.8, 4) is 0 Å². The number of esters is 1. The van der Waals surface area contributed by atoms with Crippen molar-refractivity contribution in [1.82, 2.24) is 10.2 Å². The number of hydrogen-bond donors (Lipinski definition) is 1. The van der Waals surface area contributed by atoms with Crippen molar-refractivity contribution < 1.29 is 9.53 Å². The molecule has 0 aromatic carbocycles. The third-order valence-corrected chi connectivity index (χ3v) is 4.01. The quantitative estimate of drug-likeness (QED) is 0.791. The summed E-state index contributed by atoms with van der Waals surface area (Å²) in [7, 11) is 0. The van der Waals surface area contributed by atoms with Crippen molar-refractivity contribution in [3.63, 3.8) is 0 Å². The second kappa shape index (κ2) is 6.23. The molecule has 4 nitrogen and oxygen atoms in total. The number of carbonyl (C=O) groups is 1. The normalized spacial score (nSPS) is 28.2. The number of ether oxygens (including phenoxy) is 1. The van der Waals surface area contributed by atoms with Crippen LogP contribution in [0.5, 0.6) is 0 Å². The Morgan fingerprint density at radius 1 is 1.26 bits per heavy atom. The molecule has 19 heavy (non-hydrogen) atoms. The number of nitrogens with one attached hydrogen (secondary N) is 1. The van der Waals surface area contributed by atoms with Gasteiger partial charge >= 0.3 is 5.97 Å². The average molecular weight is 268 g/mol. The minimum absolute atomic E-state index is 0.0986. The lowest BCUT2D eigenvalue weighted by Crippen LogP contribution is -2.45. The molecule has 0 aliphatic carbocycles. The molecule has 2 atom stereocenters. The fourth-order valence-corrected chi connectivity index (χ4v) is 3.24. The fraction of sp³-hybridized carbons (Fsp3) is 0.933. The Kier molecular flexibility index (Phi) is 4.85. The number of nitrogens with zero attached hydrogens (tertiary/aromatic N) is 1. The highest BCUT2D eigenvalue weighted by Gasteiger charge is 2.34. The Bertz CT molecular complexity index is 312. The molecule has 0 spiro atoms. The van der Waals surface area contributed by atoms with Crippen molar-refractivity contribution in [2.75, 3.05) is 19.6 Å². The average Bonchev–Trinajstić information content (AvgIpc) is 2.70. The zero-order valence-electron chi connectivity index (χ0n) is 12.6. The van der Waals surface area contributed by atoms with Gasteiger partial charge in [-0.3, -0.25) is 9.69 Å². The van der Waals surface area contributed by atoms with E-state index in [0.717, 1.165) is 6.54 Å². The number of carbonyl (C=O) groups excluding carboxylic acids is 1. The summed E-state index contributed by atoms with van der Waals surface area (Å²) in [6.07, 6.45) is 5.70. The first kappa shape index (κ1) is 14.8. The smallest absolute Gasteiger partial charge is 0.307 e. The summed E-state index contributed by atoms with van der Waals surface area (Å²) in [5.41, 5.74) is -0.370. The van der Waals surface area contributed by atoms with E-state index in [-0.39, 0.29) is 11.6 Å². The van der Waals surface area contributed by atoms with Crippen LogP contribution in [0.15, 0.2) is 0 Å². The van der Waals surface area contributed by atoms with Crippen LogP contribution < -0.4 is 5.32 Å². The Labute approximate surface area is 116 Å². The molecule has 2 fully saturated rings. The molecule has 0 radical (unpaired) electrons. The van der Waals surface area contributed by atoms with Crippen LogP contribution in [0.25, 0.3) is 0 Å². The van der Waals surface area contributed by atoms with Crippen LogP contribution in [0.4, 0.5) is 0 Å². The van der Waals surface area contributed by atoms with Gasteiger partial charge in [0.1, 0.15) is 5.60 Å². The van der Waals surface area contributed by atoms with Gasteiger partial charge in [-0.15, -0.1) is 0 Å². The molecule has 2 rings (SSSR count). The summed E-state index contributed by atoms with van der Waals surface area (Å²) in [6.45, 7) is 8.95. The van der Waals surface area contributed by atoms with E-state index in [9.17, 15) is 4.79 Å². The molecule has 2 aliphatic rings. The van der Waals surface area contributed by atoms with Crippen molar-refractivity contribution in [2.24, 2.45) is 0 Å². The van der Waals surface area contributed by atoms with Gasteiger partial charge in [0.2, 0.25) is 0 Å². The van der Waals surface area contributed by atoms with Crippen LogP contribution in [-0.4, -0.2) is 48.2 Å². The predicted octanol–water partition coefficient (Wildman–Crippen LogP) is 1.93. The number of piperidine rings is 1. The van der Waals surface area contributed by atoms with Crippen LogP contribution in [0.2, 0.25) is 0 Å². The second-order valence-electron chi connectivity index (χ2n) is 6.78. The first-order valence-electron chi connectivity index (χ1n) is 7.65. The Hall–Kier alpha value is -0.610. The molecule has 110 valence electrons. The lowest BCUT2D eigenvalue weighted by molar-refractivity contribution is -0.154. The number of fused-ring (bicyclic) bond motifs is 1. The van der Waals surface area contributed by atoms with E-state index in [1.165, 1.54) is 38.8 Å². The molecule has 0 saturated carbocycles. The van der Waals surface area contributed by atoms with E-state index < -0.39 is 0 Å². The monoisotopic (exact) mass is 268 g/mol. The molecular formula is C15H28N2O2. The fourth-order valence-electron chi connectivity index (χ4n) is 3.24. The molecule has 0 bridgehead atoms. The molecule has 0 aromatic rings. The van der Waals surface area contributed by atoms with Gasteiger partial charge in [-0.25, -0.2) is 0 Å². The van der Waals surface area contributed by atoms with E-state index >= 15 is 0 Å². The van der Waals surface area contributed by atoms with Crippen LogP contribution in [-0.2, 0) is 9.53 Å². The largest absolute Gasteiger partial charge is 0.460 e. The minimum atomic E-state index is -0.370. The van der Waals surface area contributed by atoms with Crippen molar-refractivity contribution >= 4 is 5.97 Å². The maximum absolute atomic E-state index is 11.6. The van der Waals surface area contributed by atoms with E-state index in [2.05, 4.69) is 10.2 Å². The molecule has 2 aliphatic heterocycles. The van der Waals surface area contributed by atoms with Crippen molar-refractivity contribution in [3.05, 3.63) is 0 Å². The minimum Gasteiger partial charge on any atom is -0.460 e. The first-order valence-corrected chi connectivity index (χ1v) is 7.65. The lowest BCUT2D eigenvalue weighted by atomic mass is 9.99. The maximum atomic E-state index is 11.6. The Morgan fingerprint density at radius 3 is 2.79 bits per heavy atom. The summed E-state index contributed by atoms with van der Waals surface area (Å²) in [4.78, 5) is 14.2. The second-order valence-corrected chi connectivity index (χ2v) is 6.78. The molecule has 2 saturated heterocycles. The van der Waals surface area contributed by atoms with Gasteiger partial charge < -0.3 is 10.1 Å². The standard InChI is InChI=1S/C15H28N2O2/c1-15(2,3)19-14(18)7-9-16-12-8-11-17-10-5-4-6-13(12)17/h12-13,16H,4-11H2,1-3H3. The summed E-state index contributed by atoms with van der Waals surface area (Å²) in [6, 6.07) is 1.27. The summed E-state index contributed by atoms with van der Waals surface area (Å²) in [5, 5.41) is 3.55. The lowest BCUT2D eigenvalue weighted by Gasteiger charge is -2.32. The van der Waals surface area contributed by atoms with Gasteiger partial charge in [0.25, 0.3) is 0 Å². The predicted molar refractivity (Wildman–Crippen MR) is 76.1 cm³/mol. The first-order chi connectivity index (χ1) is 8.96. The topological polar surface area (TPSA) is 41.6 Å². The summed E-state index contributed by atoms with van der Waals surface area (Å²) in [5.74, 6) is -0.0986. The number of hydrogen-bond acceptors (Lipinski definition) is 4.